The van der Waals surface area contributed by atoms with Crippen molar-refractivity contribution in [1.82, 2.24) is 14.9 Å². The Labute approximate surface area is 128 Å². The second kappa shape index (κ2) is 5.93. The number of primary amides is 1. The van der Waals surface area contributed by atoms with Crippen molar-refractivity contribution < 1.29 is 9.59 Å². The van der Waals surface area contributed by atoms with Gasteiger partial charge < -0.3 is 10.6 Å². The smallest absolute Gasteiger partial charge is 0.273 e. The third kappa shape index (κ3) is 2.67. The average Bonchev–Trinajstić information content (AvgIpc) is 3.04. The molecule has 1 unspecified atom stereocenters. The summed E-state index contributed by atoms with van der Waals surface area (Å²) in [6.07, 6.45) is 4.95. The van der Waals surface area contributed by atoms with Crippen LogP contribution in [0.2, 0.25) is 0 Å². The molecule has 2 amide bonds. The number of hydrogen-bond acceptors (Lipinski definition) is 4. The van der Waals surface area contributed by atoms with Crippen molar-refractivity contribution in [3.05, 3.63) is 59.7 Å². The largest absolute Gasteiger partial charge is 0.366 e. The normalized spacial score (nSPS) is 17.5. The number of aromatic nitrogens is 2. The number of carbonyl (C=O) groups is 2. The number of carbonyl (C=O) groups excluding carboxylic acids is 2. The molecular formula is C16H16N4O2. The van der Waals surface area contributed by atoms with Crippen molar-refractivity contribution in [2.24, 2.45) is 5.73 Å². The Kier molecular flexibility index (Phi) is 3.82. The van der Waals surface area contributed by atoms with Gasteiger partial charge in [0.15, 0.2) is 0 Å². The fraction of sp³-hybridized carbons (Fsp3) is 0.250. The first-order chi connectivity index (χ1) is 10.7. The van der Waals surface area contributed by atoms with Crippen LogP contribution in [-0.2, 0) is 0 Å². The van der Waals surface area contributed by atoms with E-state index in [2.05, 4.69) is 9.97 Å². The summed E-state index contributed by atoms with van der Waals surface area (Å²) < 4.78 is 0. The van der Waals surface area contributed by atoms with Gasteiger partial charge in [-0.3, -0.25) is 19.6 Å². The highest BCUT2D eigenvalue weighted by Gasteiger charge is 2.32. The van der Waals surface area contributed by atoms with Crippen molar-refractivity contribution >= 4 is 11.8 Å². The van der Waals surface area contributed by atoms with Gasteiger partial charge >= 0.3 is 0 Å². The van der Waals surface area contributed by atoms with Gasteiger partial charge in [0.1, 0.15) is 5.69 Å². The van der Waals surface area contributed by atoms with Gasteiger partial charge in [-0.1, -0.05) is 6.07 Å². The maximum absolute atomic E-state index is 12.7. The van der Waals surface area contributed by atoms with Gasteiger partial charge in [0.25, 0.3) is 5.91 Å². The summed E-state index contributed by atoms with van der Waals surface area (Å²) in [5.41, 5.74) is 6.65. The van der Waals surface area contributed by atoms with E-state index in [4.69, 9.17) is 5.73 Å². The van der Waals surface area contributed by atoms with E-state index in [1.165, 1.54) is 18.3 Å². The molecule has 2 aromatic heterocycles. The van der Waals surface area contributed by atoms with Gasteiger partial charge in [-0.25, -0.2) is 0 Å². The van der Waals surface area contributed by atoms with Gasteiger partial charge in [-0.05, 0) is 37.1 Å². The molecule has 0 radical (unpaired) electrons. The fourth-order valence-electron chi connectivity index (χ4n) is 2.74. The summed E-state index contributed by atoms with van der Waals surface area (Å²) in [6.45, 7) is 0.655. The molecule has 2 aromatic rings. The van der Waals surface area contributed by atoms with Crippen LogP contribution in [0.3, 0.4) is 0 Å². The van der Waals surface area contributed by atoms with Crippen LogP contribution in [0, 0.1) is 0 Å². The molecule has 0 bridgehead atoms. The van der Waals surface area contributed by atoms with Crippen molar-refractivity contribution in [3.8, 4) is 0 Å². The molecule has 0 aliphatic carbocycles. The Morgan fingerprint density at radius 3 is 2.77 bits per heavy atom. The molecule has 3 rings (SSSR count). The van der Waals surface area contributed by atoms with Gasteiger partial charge in [0.2, 0.25) is 5.91 Å². The van der Waals surface area contributed by atoms with Gasteiger partial charge in [0, 0.05) is 24.5 Å². The van der Waals surface area contributed by atoms with E-state index in [1.54, 1.807) is 11.1 Å². The summed E-state index contributed by atoms with van der Waals surface area (Å²) in [7, 11) is 0. The molecule has 6 heteroatoms. The number of likely N-dealkylation sites (tertiary alicyclic amines) is 1. The van der Waals surface area contributed by atoms with Crippen LogP contribution >= 0.6 is 0 Å². The van der Waals surface area contributed by atoms with Crippen LogP contribution in [0.4, 0.5) is 0 Å². The lowest BCUT2D eigenvalue weighted by Crippen LogP contribution is -2.31. The van der Waals surface area contributed by atoms with Gasteiger partial charge in [-0.15, -0.1) is 0 Å². The predicted octanol–water partition coefficient (Wildman–Crippen LogP) is 1.55. The molecule has 0 aromatic carbocycles. The number of nitrogens with zero attached hydrogens (tertiary/aromatic N) is 3. The molecule has 6 nitrogen and oxygen atoms in total. The molecule has 0 spiro atoms. The first kappa shape index (κ1) is 14.2. The summed E-state index contributed by atoms with van der Waals surface area (Å²) in [4.78, 5) is 34.1. The van der Waals surface area contributed by atoms with Crippen LogP contribution in [0.5, 0.6) is 0 Å². The topological polar surface area (TPSA) is 89.2 Å². The Balaban J connectivity index is 1.88. The molecule has 1 aliphatic rings. The Bertz CT molecular complexity index is 702. The lowest BCUT2D eigenvalue weighted by atomic mass is 10.1. The monoisotopic (exact) mass is 296 g/mol. The highest BCUT2D eigenvalue weighted by Crippen LogP contribution is 2.31. The molecule has 1 fully saturated rings. The lowest BCUT2D eigenvalue weighted by molar-refractivity contribution is 0.0727. The summed E-state index contributed by atoms with van der Waals surface area (Å²) >= 11 is 0. The zero-order chi connectivity index (χ0) is 15.5. The van der Waals surface area contributed by atoms with E-state index in [0.29, 0.717) is 6.54 Å². The van der Waals surface area contributed by atoms with E-state index < -0.39 is 5.91 Å². The SMILES string of the molecule is NC(=O)c1ccnc(C(=O)N2CCCC2c2ccccn2)c1. The molecule has 2 N–H and O–H groups in total. The number of hydrogen-bond donors (Lipinski definition) is 1. The summed E-state index contributed by atoms with van der Waals surface area (Å²) in [6, 6.07) is 8.58. The van der Waals surface area contributed by atoms with E-state index in [1.807, 2.05) is 18.2 Å². The van der Waals surface area contributed by atoms with Crippen molar-refractivity contribution in [2.45, 2.75) is 18.9 Å². The maximum Gasteiger partial charge on any atom is 0.273 e. The number of nitrogens with two attached hydrogens (primary N) is 1. The van der Waals surface area contributed by atoms with Crippen LogP contribution in [0.1, 0.15) is 45.4 Å². The minimum Gasteiger partial charge on any atom is -0.366 e. The Morgan fingerprint density at radius 1 is 1.18 bits per heavy atom. The second-order valence-electron chi connectivity index (χ2n) is 5.21. The van der Waals surface area contributed by atoms with Crippen LogP contribution in [0.25, 0.3) is 0 Å². The zero-order valence-corrected chi connectivity index (χ0v) is 12.0. The number of pyridine rings is 2. The minimum absolute atomic E-state index is 0.0484. The lowest BCUT2D eigenvalue weighted by Gasteiger charge is -2.24. The Hall–Kier alpha value is -2.76. The molecular weight excluding hydrogens is 280 g/mol. The van der Waals surface area contributed by atoms with E-state index >= 15 is 0 Å². The second-order valence-corrected chi connectivity index (χ2v) is 5.21. The maximum atomic E-state index is 12.7. The molecule has 1 saturated heterocycles. The Morgan fingerprint density at radius 2 is 2.05 bits per heavy atom. The minimum atomic E-state index is -0.570. The highest BCUT2D eigenvalue weighted by atomic mass is 16.2. The fourth-order valence-corrected chi connectivity index (χ4v) is 2.74. The first-order valence-corrected chi connectivity index (χ1v) is 7.14. The van der Waals surface area contributed by atoms with Crippen LogP contribution < -0.4 is 5.73 Å². The summed E-state index contributed by atoms with van der Waals surface area (Å²) in [5, 5.41) is 0. The predicted molar refractivity (Wildman–Crippen MR) is 80.0 cm³/mol. The van der Waals surface area contributed by atoms with Gasteiger partial charge in [0.05, 0.1) is 11.7 Å². The van der Waals surface area contributed by atoms with Gasteiger partial charge in [-0.2, -0.15) is 0 Å². The highest BCUT2D eigenvalue weighted by molar-refractivity contribution is 5.97. The molecule has 1 aliphatic heterocycles. The number of amides is 2. The van der Waals surface area contributed by atoms with Crippen molar-refractivity contribution in [2.75, 3.05) is 6.54 Å². The van der Waals surface area contributed by atoms with E-state index in [-0.39, 0.29) is 23.2 Å². The zero-order valence-electron chi connectivity index (χ0n) is 12.0. The quantitative estimate of drug-likeness (QED) is 0.930. The third-order valence-electron chi connectivity index (χ3n) is 3.81. The van der Waals surface area contributed by atoms with Crippen molar-refractivity contribution in [3.63, 3.8) is 0 Å². The molecule has 0 saturated carbocycles. The van der Waals surface area contributed by atoms with E-state index in [9.17, 15) is 9.59 Å². The molecule has 3 heterocycles. The molecule has 112 valence electrons. The summed E-state index contributed by atoms with van der Waals surface area (Å²) in [5.74, 6) is -0.768. The third-order valence-corrected chi connectivity index (χ3v) is 3.81. The first-order valence-electron chi connectivity index (χ1n) is 7.14. The van der Waals surface area contributed by atoms with Crippen LogP contribution in [0.15, 0.2) is 42.7 Å². The standard InChI is InChI=1S/C16H16N4O2/c17-15(21)11-6-8-19-13(10-11)16(22)20-9-3-5-14(20)12-4-1-2-7-18-12/h1-2,4,6-8,10,14H,3,5,9H2,(H2,17,21). The number of rotatable bonds is 3. The molecule has 22 heavy (non-hydrogen) atoms. The average molecular weight is 296 g/mol. The van der Waals surface area contributed by atoms with Crippen molar-refractivity contribution in [1.29, 1.82) is 0 Å². The molecule has 1 atom stereocenters. The van der Waals surface area contributed by atoms with E-state index in [0.717, 1.165) is 18.5 Å². The van der Waals surface area contributed by atoms with Crippen LogP contribution in [-0.4, -0.2) is 33.2 Å².